The molecule has 0 aliphatic heterocycles. The molecule has 2 N–H and O–H groups in total. The maximum absolute atomic E-state index is 11.4. The highest BCUT2D eigenvalue weighted by molar-refractivity contribution is 7.98. The number of carbonyl (C=O) groups is 1. The number of aromatic amines is 1. The maximum Gasteiger partial charge on any atom is 0.346 e. The van der Waals surface area contributed by atoms with Gasteiger partial charge in [0.1, 0.15) is 10.6 Å². The molecule has 1 heterocycles. The average Bonchev–Trinajstić information content (AvgIpc) is 2.33. The lowest BCUT2D eigenvalue weighted by Gasteiger charge is -2.08. The molecule has 1 aromatic heterocycles. The maximum atomic E-state index is 11.4. The van der Waals surface area contributed by atoms with Gasteiger partial charge in [-0.2, -0.15) is 4.98 Å². The van der Waals surface area contributed by atoms with Crippen LogP contribution in [0.4, 0.5) is 0 Å². The lowest BCUT2D eigenvalue weighted by Crippen LogP contribution is -2.18. The lowest BCUT2D eigenvalue weighted by atomic mass is 10.1. The van der Waals surface area contributed by atoms with E-state index in [2.05, 4.69) is 16.0 Å². The second-order valence-electron chi connectivity index (χ2n) is 4.94. The topological polar surface area (TPSA) is 83.0 Å². The number of aromatic nitrogens is 2. The van der Waals surface area contributed by atoms with Crippen LogP contribution in [0.15, 0.2) is 28.0 Å². The second kappa shape index (κ2) is 6.13. The molecule has 0 fully saturated rings. The number of nitrogens with zero attached hydrogens (tertiary/aromatic N) is 1. The Kier molecular flexibility index (Phi) is 4.47. The van der Waals surface area contributed by atoms with Crippen LogP contribution in [0.25, 0.3) is 0 Å². The molecule has 2 aromatic rings. The standard InChI is InChI=1S/C15H16N2O3S/c1-8-4-9(2)6-11(5-8)7-21-13-12(14(18)19)10(3)16-15(20)17-13/h4-6H,7H2,1-3H3,(H,18,19)(H,16,17,20). The lowest BCUT2D eigenvalue weighted by molar-refractivity contribution is 0.0690. The third kappa shape index (κ3) is 3.72. The van der Waals surface area contributed by atoms with Crippen molar-refractivity contribution in [3.8, 4) is 0 Å². The van der Waals surface area contributed by atoms with Crippen LogP contribution in [-0.4, -0.2) is 21.0 Å². The number of aryl methyl sites for hydroxylation is 3. The molecule has 21 heavy (non-hydrogen) atoms. The van der Waals surface area contributed by atoms with Crippen LogP contribution in [0.5, 0.6) is 0 Å². The second-order valence-corrected chi connectivity index (χ2v) is 5.90. The summed E-state index contributed by atoms with van der Waals surface area (Å²) in [7, 11) is 0. The van der Waals surface area contributed by atoms with Crippen molar-refractivity contribution >= 4 is 17.7 Å². The Bertz CT molecular complexity index is 733. The summed E-state index contributed by atoms with van der Waals surface area (Å²) in [6.07, 6.45) is 0. The molecule has 0 aliphatic rings. The predicted octanol–water partition coefficient (Wildman–Crippen LogP) is 2.69. The van der Waals surface area contributed by atoms with Crippen molar-refractivity contribution in [2.45, 2.75) is 31.6 Å². The van der Waals surface area contributed by atoms with Crippen molar-refractivity contribution in [2.75, 3.05) is 0 Å². The summed E-state index contributed by atoms with van der Waals surface area (Å²) >= 11 is 1.26. The Labute approximate surface area is 126 Å². The fourth-order valence-electron chi connectivity index (χ4n) is 2.22. The van der Waals surface area contributed by atoms with Crippen LogP contribution in [-0.2, 0) is 5.75 Å². The predicted molar refractivity (Wildman–Crippen MR) is 82.0 cm³/mol. The van der Waals surface area contributed by atoms with E-state index in [0.29, 0.717) is 11.4 Å². The largest absolute Gasteiger partial charge is 0.478 e. The fourth-order valence-corrected chi connectivity index (χ4v) is 3.22. The molecule has 0 saturated heterocycles. The van der Waals surface area contributed by atoms with Gasteiger partial charge in [-0.1, -0.05) is 29.3 Å². The van der Waals surface area contributed by atoms with Gasteiger partial charge < -0.3 is 10.1 Å². The first-order chi connectivity index (χ1) is 9.86. The molecule has 0 aliphatic carbocycles. The summed E-state index contributed by atoms with van der Waals surface area (Å²) in [4.78, 5) is 28.9. The van der Waals surface area contributed by atoms with Gasteiger partial charge in [-0.25, -0.2) is 9.59 Å². The Morgan fingerprint density at radius 2 is 1.86 bits per heavy atom. The molecule has 0 bridgehead atoms. The molecule has 2 rings (SSSR count). The molecule has 0 saturated carbocycles. The molecule has 6 heteroatoms. The van der Waals surface area contributed by atoms with E-state index in [0.717, 1.165) is 16.7 Å². The molecule has 5 nitrogen and oxygen atoms in total. The zero-order valence-electron chi connectivity index (χ0n) is 12.1. The average molecular weight is 304 g/mol. The molecule has 0 radical (unpaired) electrons. The summed E-state index contributed by atoms with van der Waals surface area (Å²) in [5.41, 5.74) is 3.24. The number of nitrogens with one attached hydrogen (secondary N) is 1. The summed E-state index contributed by atoms with van der Waals surface area (Å²) in [6, 6.07) is 6.16. The first-order valence-electron chi connectivity index (χ1n) is 6.41. The highest BCUT2D eigenvalue weighted by Crippen LogP contribution is 2.25. The first-order valence-corrected chi connectivity index (χ1v) is 7.39. The normalized spacial score (nSPS) is 10.6. The van der Waals surface area contributed by atoms with Crippen molar-refractivity contribution < 1.29 is 9.90 Å². The molecular formula is C15H16N2O3S. The van der Waals surface area contributed by atoms with Gasteiger partial charge in [-0.3, -0.25) is 0 Å². The fraction of sp³-hybridized carbons (Fsp3) is 0.267. The minimum atomic E-state index is -1.08. The molecular weight excluding hydrogens is 288 g/mol. The number of thioether (sulfide) groups is 1. The Hall–Kier alpha value is -2.08. The van der Waals surface area contributed by atoms with E-state index >= 15 is 0 Å². The van der Waals surface area contributed by atoms with Crippen molar-refractivity contribution in [2.24, 2.45) is 0 Å². The Morgan fingerprint density at radius 3 is 2.43 bits per heavy atom. The van der Waals surface area contributed by atoms with Crippen molar-refractivity contribution in [1.29, 1.82) is 0 Å². The monoisotopic (exact) mass is 304 g/mol. The zero-order valence-corrected chi connectivity index (χ0v) is 12.9. The van der Waals surface area contributed by atoms with E-state index in [9.17, 15) is 14.7 Å². The smallest absolute Gasteiger partial charge is 0.346 e. The highest BCUT2D eigenvalue weighted by atomic mass is 32.2. The van der Waals surface area contributed by atoms with Crippen LogP contribution in [0.1, 0.15) is 32.7 Å². The van der Waals surface area contributed by atoms with E-state index in [-0.39, 0.29) is 10.6 Å². The van der Waals surface area contributed by atoms with Crippen molar-refractivity contribution in [3.63, 3.8) is 0 Å². The van der Waals surface area contributed by atoms with Gasteiger partial charge in [0.25, 0.3) is 0 Å². The first kappa shape index (κ1) is 15.3. The van der Waals surface area contributed by atoms with E-state index in [1.54, 1.807) is 6.92 Å². The number of benzene rings is 1. The van der Waals surface area contributed by atoms with E-state index < -0.39 is 11.7 Å². The molecule has 0 spiro atoms. The minimum Gasteiger partial charge on any atom is -0.478 e. The molecule has 0 amide bonds. The molecule has 0 atom stereocenters. The quantitative estimate of drug-likeness (QED) is 0.670. The number of carboxylic acids is 1. The van der Waals surface area contributed by atoms with E-state index in [4.69, 9.17) is 0 Å². The van der Waals surface area contributed by atoms with Gasteiger partial charge in [-0.05, 0) is 26.3 Å². The molecule has 1 aromatic carbocycles. The van der Waals surface area contributed by atoms with Gasteiger partial charge in [-0.15, -0.1) is 11.8 Å². The van der Waals surface area contributed by atoms with Crippen molar-refractivity contribution in [3.05, 3.63) is 56.6 Å². The SMILES string of the molecule is Cc1cc(C)cc(CSc2nc(=O)[nH]c(C)c2C(=O)O)c1. The van der Waals surface area contributed by atoms with Gasteiger partial charge in [0.15, 0.2) is 0 Å². The number of H-pyrrole nitrogens is 1. The Morgan fingerprint density at radius 1 is 1.24 bits per heavy atom. The Balaban J connectivity index is 2.31. The van der Waals surface area contributed by atoms with Gasteiger partial charge in [0, 0.05) is 11.4 Å². The van der Waals surface area contributed by atoms with Gasteiger partial charge in [0.05, 0.1) is 0 Å². The number of hydrogen-bond donors (Lipinski definition) is 2. The summed E-state index contributed by atoms with van der Waals surface area (Å²) in [5, 5.41) is 9.50. The minimum absolute atomic E-state index is 0.0592. The van der Waals surface area contributed by atoms with Gasteiger partial charge in [0.2, 0.25) is 0 Å². The number of carboxylic acid groups (broad SMARTS) is 1. The van der Waals surface area contributed by atoms with Crippen LogP contribution >= 0.6 is 11.8 Å². The number of rotatable bonds is 4. The zero-order chi connectivity index (χ0) is 15.6. The molecule has 110 valence electrons. The van der Waals surface area contributed by atoms with E-state index in [1.807, 2.05) is 26.0 Å². The third-order valence-electron chi connectivity index (χ3n) is 2.96. The van der Waals surface area contributed by atoms with Crippen LogP contribution in [0.2, 0.25) is 0 Å². The van der Waals surface area contributed by atoms with E-state index in [1.165, 1.54) is 11.8 Å². The van der Waals surface area contributed by atoms with Crippen molar-refractivity contribution in [1.82, 2.24) is 9.97 Å². The molecule has 0 unspecified atom stereocenters. The summed E-state index contributed by atoms with van der Waals surface area (Å²) < 4.78 is 0. The summed E-state index contributed by atoms with van der Waals surface area (Å²) in [6.45, 7) is 5.59. The third-order valence-corrected chi connectivity index (χ3v) is 4.00. The van der Waals surface area contributed by atoms with Gasteiger partial charge >= 0.3 is 11.7 Å². The van der Waals surface area contributed by atoms with Crippen LogP contribution < -0.4 is 5.69 Å². The summed E-state index contributed by atoms with van der Waals surface area (Å²) in [5.74, 6) is -0.516. The van der Waals surface area contributed by atoms with Crippen LogP contribution in [0, 0.1) is 20.8 Å². The highest BCUT2D eigenvalue weighted by Gasteiger charge is 2.17. The van der Waals surface area contributed by atoms with Crippen LogP contribution in [0.3, 0.4) is 0 Å². The number of hydrogen-bond acceptors (Lipinski definition) is 4. The number of aromatic carboxylic acids is 1.